The van der Waals surface area contributed by atoms with Crippen LogP contribution in [-0.2, 0) is 29.4 Å². The predicted octanol–water partition coefficient (Wildman–Crippen LogP) is 3.46. The summed E-state index contributed by atoms with van der Waals surface area (Å²) < 4.78 is 15.4. The highest BCUT2D eigenvalue weighted by Crippen LogP contribution is 2.48. The predicted molar refractivity (Wildman–Crippen MR) is 102 cm³/mol. The zero-order valence-corrected chi connectivity index (χ0v) is 15.9. The van der Waals surface area contributed by atoms with Crippen LogP contribution in [0.3, 0.4) is 0 Å². The molecule has 4 rings (SSSR count). The number of carboxylic acids is 1. The van der Waals surface area contributed by atoms with E-state index in [-0.39, 0.29) is 18.2 Å². The van der Waals surface area contributed by atoms with E-state index >= 15 is 0 Å². The summed E-state index contributed by atoms with van der Waals surface area (Å²) in [6.07, 6.45) is 0.0521. The van der Waals surface area contributed by atoms with Gasteiger partial charge >= 0.3 is 11.9 Å². The summed E-state index contributed by atoms with van der Waals surface area (Å²) in [4.78, 5) is 22.4. The van der Waals surface area contributed by atoms with E-state index in [1.165, 1.54) is 0 Å². The fourth-order valence-corrected chi connectivity index (χ4v) is 3.22. The Morgan fingerprint density at radius 3 is 2.14 bits per heavy atom. The van der Waals surface area contributed by atoms with Crippen molar-refractivity contribution in [3.05, 3.63) is 71.8 Å². The minimum atomic E-state index is -1.07. The number of hydrogen-bond acceptors (Lipinski definition) is 5. The Balaban J connectivity index is 0.000000161. The van der Waals surface area contributed by atoms with E-state index in [0.717, 1.165) is 17.5 Å². The zero-order chi connectivity index (χ0) is 20.1. The molecular formula is C22H24O6. The Morgan fingerprint density at radius 2 is 1.64 bits per heavy atom. The second-order valence-electron chi connectivity index (χ2n) is 6.56. The average molecular weight is 384 g/mol. The van der Waals surface area contributed by atoms with Crippen molar-refractivity contribution < 1.29 is 28.9 Å². The first-order valence-electron chi connectivity index (χ1n) is 9.38. The normalized spacial score (nSPS) is 27.1. The maximum atomic E-state index is 11.2. The molecule has 0 amide bonds. The number of carboxylic acid groups (broad SMARTS) is 1. The van der Waals surface area contributed by atoms with Crippen molar-refractivity contribution in [2.24, 2.45) is 0 Å². The molecule has 0 saturated carbocycles. The van der Waals surface area contributed by atoms with Crippen LogP contribution in [0.15, 0.2) is 60.7 Å². The van der Waals surface area contributed by atoms with Gasteiger partial charge in [-0.1, -0.05) is 67.6 Å². The van der Waals surface area contributed by atoms with Crippen molar-refractivity contribution in [2.75, 3.05) is 6.61 Å². The van der Waals surface area contributed by atoms with Crippen LogP contribution in [0.25, 0.3) is 0 Å². The summed E-state index contributed by atoms with van der Waals surface area (Å²) in [7, 11) is 0. The van der Waals surface area contributed by atoms with Gasteiger partial charge in [-0.05, 0) is 24.5 Å². The molecule has 4 atom stereocenters. The quantitative estimate of drug-likeness (QED) is 0.606. The van der Waals surface area contributed by atoms with E-state index in [2.05, 4.69) is 0 Å². The van der Waals surface area contributed by atoms with Gasteiger partial charge in [0.2, 0.25) is 5.60 Å². The summed E-state index contributed by atoms with van der Waals surface area (Å²) >= 11 is 0. The van der Waals surface area contributed by atoms with E-state index < -0.39 is 17.7 Å². The summed E-state index contributed by atoms with van der Waals surface area (Å²) in [6.45, 7) is 4.12. The number of esters is 1. The highest BCUT2D eigenvalue weighted by Gasteiger charge is 2.63. The molecule has 2 saturated heterocycles. The number of hydrogen-bond donors (Lipinski definition) is 1. The molecule has 2 aromatic rings. The van der Waals surface area contributed by atoms with Gasteiger partial charge in [0.15, 0.2) is 6.10 Å². The number of rotatable bonds is 6. The molecular weight excluding hydrogens is 360 g/mol. The molecule has 28 heavy (non-hydrogen) atoms. The highest BCUT2D eigenvalue weighted by molar-refractivity contribution is 5.83. The van der Waals surface area contributed by atoms with E-state index in [4.69, 9.17) is 19.3 Å². The lowest BCUT2D eigenvalue weighted by molar-refractivity contribution is -0.145. The van der Waals surface area contributed by atoms with Gasteiger partial charge in [-0.25, -0.2) is 9.59 Å². The second-order valence-corrected chi connectivity index (χ2v) is 6.56. The van der Waals surface area contributed by atoms with E-state index in [1.807, 2.05) is 55.5 Å². The lowest BCUT2D eigenvalue weighted by Gasteiger charge is -2.06. The standard InChI is InChI=1S/2C11H12O3/c1-2-13-11(12)10-9(14-10)8-6-4-3-5-7-8;1-2-9-11(14-9,10(12)13)8-6-4-3-5-7-8/h3-7,9-10H,2H2,1H3;3-7,9H,2H2,1H3,(H,12,13). The number of benzene rings is 2. The SMILES string of the molecule is CCC1OC1(C(=O)O)c1ccccc1.CCOC(=O)C1OC1c1ccccc1. The van der Waals surface area contributed by atoms with E-state index in [9.17, 15) is 9.59 Å². The molecule has 0 aliphatic carbocycles. The number of carbonyl (C=O) groups is 2. The Morgan fingerprint density at radius 1 is 1.04 bits per heavy atom. The van der Waals surface area contributed by atoms with Crippen LogP contribution < -0.4 is 0 Å². The van der Waals surface area contributed by atoms with Crippen molar-refractivity contribution in [1.29, 1.82) is 0 Å². The molecule has 2 aromatic carbocycles. The van der Waals surface area contributed by atoms with Gasteiger partial charge in [0, 0.05) is 0 Å². The van der Waals surface area contributed by atoms with Crippen LogP contribution in [0, 0.1) is 0 Å². The number of aliphatic carboxylic acids is 1. The molecule has 2 aliphatic rings. The first-order valence-corrected chi connectivity index (χ1v) is 9.38. The maximum Gasteiger partial charge on any atom is 0.343 e. The summed E-state index contributed by atoms with van der Waals surface area (Å²) in [5, 5.41) is 9.13. The maximum absolute atomic E-state index is 11.2. The molecule has 0 spiro atoms. The molecule has 6 nitrogen and oxygen atoms in total. The first kappa shape index (κ1) is 20.0. The molecule has 148 valence electrons. The lowest BCUT2D eigenvalue weighted by atomic mass is 9.94. The largest absolute Gasteiger partial charge is 0.479 e. The monoisotopic (exact) mass is 384 g/mol. The fraction of sp³-hybridized carbons (Fsp3) is 0.364. The third-order valence-electron chi connectivity index (χ3n) is 4.75. The Bertz CT molecular complexity index is 806. The molecule has 6 heteroatoms. The third kappa shape index (κ3) is 4.08. The minimum absolute atomic E-state index is 0.102. The Hall–Kier alpha value is -2.70. The van der Waals surface area contributed by atoms with Gasteiger partial charge < -0.3 is 19.3 Å². The van der Waals surface area contributed by atoms with Crippen LogP contribution in [0.4, 0.5) is 0 Å². The van der Waals surface area contributed by atoms with Crippen LogP contribution in [0.5, 0.6) is 0 Å². The Kier molecular flexibility index (Phi) is 6.11. The van der Waals surface area contributed by atoms with Gasteiger partial charge in [0.1, 0.15) is 12.2 Å². The third-order valence-corrected chi connectivity index (χ3v) is 4.75. The Labute approximate surface area is 164 Å². The molecule has 2 fully saturated rings. The number of ether oxygens (including phenoxy) is 3. The van der Waals surface area contributed by atoms with Crippen LogP contribution >= 0.6 is 0 Å². The van der Waals surface area contributed by atoms with E-state index in [1.54, 1.807) is 19.1 Å². The summed E-state index contributed by atoms with van der Waals surface area (Å²) in [5.41, 5.74) is 0.695. The van der Waals surface area contributed by atoms with Crippen molar-refractivity contribution in [1.82, 2.24) is 0 Å². The summed E-state index contributed by atoms with van der Waals surface area (Å²) in [5.74, 6) is -1.16. The zero-order valence-electron chi connectivity index (χ0n) is 15.9. The van der Waals surface area contributed by atoms with Crippen molar-refractivity contribution in [2.45, 2.75) is 44.2 Å². The molecule has 0 aromatic heterocycles. The minimum Gasteiger partial charge on any atom is -0.479 e. The van der Waals surface area contributed by atoms with Crippen LogP contribution in [0.2, 0.25) is 0 Å². The van der Waals surface area contributed by atoms with Gasteiger partial charge in [-0.15, -0.1) is 0 Å². The van der Waals surface area contributed by atoms with E-state index in [0.29, 0.717) is 6.61 Å². The molecule has 1 N–H and O–H groups in total. The smallest absolute Gasteiger partial charge is 0.343 e. The van der Waals surface area contributed by atoms with Crippen LogP contribution in [0.1, 0.15) is 37.5 Å². The average Bonchev–Trinajstić information content (AvgIpc) is 3.63. The van der Waals surface area contributed by atoms with Crippen molar-refractivity contribution in [3.63, 3.8) is 0 Å². The fourth-order valence-electron chi connectivity index (χ4n) is 3.22. The lowest BCUT2D eigenvalue weighted by Crippen LogP contribution is -2.24. The van der Waals surface area contributed by atoms with Crippen LogP contribution in [-0.4, -0.2) is 35.9 Å². The molecule has 2 aliphatic heterocycles. The number of carbonyl (C=O) groups excluding carboxylic acids is 1. The molecule has 0 bridgehead atoms. The highest BCUT2D eigenvalue weighted by atomic mass is 16.6. The van der Waals surface area contributed by atoms with Gasteiger partial charge in [-0.3, -0.25) is 0 Å². The molecule has 4 unspecified atom stereocenters. The first-order chi connectivity index (χ1) is 13.5. The van der Waals surface area contributed by atoms with Gasteiger partial charge in [0.25, 0.3) is 0 Å². The van der Waals surface area contributed by atoms with Gasteiger partial charge in [-0.2, -0.15) is 0 Å². The topological polar surface area (TPSA) is 88.7 Å². The van der Waals surface area contributed by atoms with Crippen molar-refractivity contribution >= 4 is 11.9 Å². The van der Waals surface area contributed by atoms with Gasteiger partial charge in [0.05, 0.1) is 6.61 Å². The molecule has 2 heterocycles. The summed E-state index contributed by atoms with van der Waals surface area (Å²) in [6, 6.07) is 18.8. The molecule has 0 radical (unpaired) electrons. The van der Waals surface area contributed by atoms with Crippen molar-refractivity contribution in [3.8, 4) is 0 Å². The number of epoxide rings is 2. The second kappa shape index (κ2) is 8.54.